The largest absolute Gasteiger partial charge is 0.406 e. The third-order valence-corrected chi connectivity index (χ3v) is 3.28. The van der Waals surface area contributed by atoms with Gasteiger partial charge in [-0.05, 0) is 53.5 Å². The van der Waals surface area contributed by atoms with Gasteiger partial charge in [0.25, 0.3) is 0 Å². The van der Waals surface area contributed by atoms with E-state index < -0.39 is 0 Å². The molecule has 19 heavy (non-hydrogen) atoms. The first-order chi connectivity index (χ1) is 9.10. The molecule has 1 heterocycles. The van der Waals surface area contributed by atoms with Gasteiger partial charge in [-0.3, -0.25) is 0 Å². The lowest BCUT2D eigenvalue weighted by Crippen LogP contribution is -2.11. The number of nitrogens with one attached hydrogen (secondary N) is 2. The Bertz CT molecular complexity index is 545. The molecule has 0 atom stereocenters. The third-order valence-electron chi connectivity index (χ3n) is 2.66. The first-order valence-corrected chi connectivity index (χ1v) is 6.96. The average Bonchev–Trinajstić information content (AvgIpc) is 2.79. The molecule has 0 fully saturated rings. The van der Waals surface area contributed by atoms with Gasteiger partial charge in [-0.1, -0.05) is 18.1 Å². The van der Waals surface area contributed by atoms with Crippen molar-refractivity contribution in [3.63, 3.8) is 0 Å². The number of hydrogen-bond acceptors (Lipinski definition) is 5. The first-order valence-electron chi connectivity index (χ1n) is 6.17. The average molecular weight is 325 g/mol. The van der Waals surface area contributed by atoms with Crippen molar-refractivity contribution in [1.82, 2.24) is 15.5 Å². The highest BCUT2D eigenvalue weighted by Crippen LogP contribution is 2.30. The molecule has 0 spiro atoms. The lowest BCUT2D eigenvalue weighted by atomic mass is 10.1. The van der Waals surface area contributed by atoms with Crippen molar-refractivity contribution in [1.29, 1.82) is 0 Å². The highest BCUT2D eigenvalue weighted by atomic mass is 79.9. The van der Waals surface area contributed by atoms with E-state index in [-0.39, 0.29) is 0 Å². The van der Waals surface area contributed by atoms with E-state index in [1.165, 1.54) is 5.56 Å². The van der Waals surface area contributed by atoms with Crippen molar-refractivity contribution in [2.24, 2.45) is 0 Å². The van der Waals surface area contributed by atoms with Crippen molar-refractivity contribution in [2.75, 3.05) is 11.9 Å². The van der Waals surface area contributed by atoms with Crippen LogP contribution in [0.5, 0.6) is 0 Å². The first kappa shape index (κ1) is 14.0. The van der Waals surface area contributed by atoms with E-state index in [1.807, 2.05) is 19.9 Å². The fourth-order valence-corrected chi connectivity index (χ4v) is 2.56. The Hall–Kier alpha value is -1.40. The minimum Gasteiger partial charge on any atom is -0.406 e. The van der Waals surface area contributed by atoms with E-state index >= 15 is 0 Å². The summed E-state index contributed by atoms with van der Waals surface area (Å²) in [7, 11) is 0. The summed E-state index contributed by atoms with van der Waals surface area (Å²) in [6.45, 7) is 7.58. The molecule has 0 aliphatic heterocycles. The minimum absolute atomic E-state index is 0.403. The van der Waals surface area contributed by atoms with Crippen LogP contribution in [-0.4, -0.2) is 16.7 Å². The van der Waals surface area contributed by atoms with E-state index in [4.69, 9.17) is 4.42 Å². The fraction of sp³-hybridized carbons (Fsp3) is 0.385. The van der Waals surface area contributed by atoms with Crippen LogP contribution in [0, 0.1) is 13.8 Å². The van der Waals surface area contributed by atoms with Crippen LogP contribution >= 0.6 is 15.9 Å². The summed E-state index contributed by atoms with van der Waals surface area (Å²) in [4.78, 5) is 0. The predicted molar refractivity (Wildman–Crippen MR) is 78.6 cm³/mol. The maximum atomic E-state index is 5.51. The summed E-state index contributed by atoms with van der Waals surface area (Å²) in [6, 6.07) is 4.55. The molecular formula is C13H17BrN4O. The molecule has 2 aromatic rings. The van der Waals surface area contributed by atoms with Gasteiger partial charge in [0, 0.05) is 4.47 Å². The quantitative estimate of drug-likeness (QED) is 0.883. The number of aromatic nitrogens is 2. The summed E-state index contributed by atoms with van der Waals surface area (Å²) in [6.07, 6.45) is 0. The van der Waals surface area contributed by atoms with Crippen LogP contribution in [-0.2, 0) is 6.54 Å². The standard InChI is InChI=1S/C13H17BrN4O/c1-4-15-7-11-17-18-13(19-11)16-12-9(3)5-8(2)6-10(12)14/h5-6,15H,4,7H2,1-3H3,(H,16,18). The van der Waals surface area contributed by atoms with Gasteiger partial charge in [-0.25, -0.2) is 0 Å². The Balaban J connectivity index is 2.15. The van der Waals surface area contributed by atoms with Gasteiger partial charge in [0.05, 0.1) is 12.2 Å². The molecule has 102 valence electrons. The monoisotopic (exact) mass is 324 g/mol. The molecule has 2 N–H and O–H groups in total. The van der Waals surface area contributed by atoms with Gasteiger partial charge < -0.3 is 15.1 Å². The molecule has 1 aromatic carbocycles. The summed E-state index contributed by atoms with van der Waals surface area (Å²) in [5.74, 6) is 0.574. The van der Waals surface area contributed by atoms with Gasteiger partial charge in [-0.2, -0.15) is 0 Å². The van der Waals surface area contributed by atoms with E-state index in [0.29, 0.717) is 18.5 Å². The number of halogens is 1. The minimum atomic E-state index is 0.403. The van der Waals surface area contributed by atoms with Gasteiger partial charge in [0.2, 0.25) is 5.89 Å². The Morgan fingerprint density at radius 2 is 2.05 bits per heavy atom. The van der Waals surface area contributed by atoms with Crippen LogP contribution in [0.2, 0.25) is 0 Å². The maximum absolute atomic E-state index is 5.51. The molecule has 0 saturated carbocycles. The van der Waals surface area contributed by atoms with E-state index in [9.17, 15) is 0 Å². The van der Waals surface area contributed by atoms with Gasteiger partial charge in [0.15, 0.2) is 0 Å². The van der Waals surface area contributed by atoms with Crippen LogP contribution in [0.1, 0.15) is 23.9 Å². The second-order valence-corrected chi connectivity index (χ2v) is 5.20. The summed E-state index contributed by atoms with van der Waals surface area (Å²) >= 11 is 3.54. The van der Waals surface area contributed by atoms with Gasteiger partial charge in [0.1, 0.15) is 0 Å². The van der Waals surface area contributed by atoms with Crippen LogP contribution < -0.4 is 10.6 Å². The van der Waals surface area contributed by atoms with Crippen molar-refractivity contribution in [3.8, 4) is 0 Å². The number of nitrogens with zero attached hydrogens (tertiary/aromatic N) is 2. The third kappa shape index (κ3) is 3.54. The Labute approximate surface area is 120 Å². The molecule has 0 radical (unpaired) electrons. The highest BCUT2D eigenvalue weighted by Gasteiger charge is 2.10. The highest BCUT2D eigenvalue weighted by molar-refractivity contribution is 9.10. The lowest BCUT2D eigenvalue weighted by Gasteiger charge is -2.09. The van der Waals surface area contributed by atoms with E-state index in [0.717, 1.165) is 22.3 Å². The number of rotatable bonds is 5. The summed E-state index contributed by atoms with van der Waals surface area (Å²) in [5.41, 5.74) is 3.27. The number of benzene rings is 1. The van der Waals surface area contributed by atoms with Crippen LogP contribution in [0.4, 0.5) is 11.7 Å². The van der Waals surface area contributed by atoms with Gasteiger partial charge in [-0.15, -0.1) is 5.10 Å². The number of aryl methyl sites for hydroxylation is 2. The van der Waals surface area contributed by atoms with Crippen molar-refractivity contribution in [3.05, 3.63) is 33.6 Å². The molecule has 0 saturated heterocycles. The maximum Gasteiger partial charge on any atom is 0.320 e. The SMILES string of the molecule is CCNCc1nnc(Nc2c(C)cc(C)cc2Br)o1. The van der Waals surface area contributed by atoms with Crippen LogP contribution in [0.25, 0.3) is 0 Å². The lowest BCUT2D eigenvalue weighted by molar-refractivity contribution is 0.484. The zero-order valence-electron chi connectivity index (χ0n) is 11.2. The molecule has 1 aromatic heterocycles. The molecule has 0 unspecified atom stereocenters. The zero-order valence-corrected chi connectivity index (χ0v) is 12.8. The summed E-state index contributed by atoms with van der Waals surface area (Å²) in [5, 5.41) is 14.2. The molecular weight excluding hydrogens is 308 g/mol. The molecule has 0 amide bonds. The fourth-order valence-electron chi connectivity index (χ4n) is 1.79. The van der Waals surface area contributed by atoms with Crippen molar-refractivity contribution >= 4 is 27.6 Å². The topological polar surface area (TPSA) is 63.0 Å². The Kier molecular flexibility index (Phi) is 4.55. The van der Waals surface area contributed by atoms with Crippen LogP contribution in [0.15, 0.2) is 21.0 Å². The molecule has 0 bridgehead atoms. The van der Waals surface area contributed by atoms with Crippen LogP contribution in [0.3, 0.4) is 0 Å². The Morgan fingerprint density at radius 1 is 1.26 bits per heavy atom. The van der Waals surface area contributed by atoms with E-state index in [1.54, 1.807) is 0 Å². The second-order valence-electron chi connectivity index (χ2n) is 4.34. The Morgan fingerprint density at radius 3 is 2.74 bits per heavy atom. The normalized spacial score (nSPS) is 10.7. The molecule has 6 heteroatoms. The summed E-state index contributed by atoms with van der Waals surface area (Å²) < 4.78 is 6.50. The van der Waals surface area contributed by atoms with E-state index in [2.05, 4.69) is 49.8 Å². The number of hydrogen-bond donors (Lipinski definition) is 2. The van der Waals surface area contributed by atoms with Crippen molar-refractivity contribution in [2.45, 2.75) is 27.3 Å². The number of anilines is 2. The molecule has 5 nitrogen and oxygen atoms in total. The molecule has 2 rings (SSSR count). The zero-order chi connectivity index (χ0) is 13.8. The predicted octanol–water partition coefficient (Wildman–Crippen LogP) is 3.30. The second kappa shape index (κ2) is 6.16. The molecule has 0 aliphatic carbocycles. The van der Waals surface area contributed by atoms with Gasteiger partial charge >= 0.3 is 6.01 Å². The smallest absolute Gasteiger partial charge is 0.320 e. The van der Waals surface area contributed by atoms with Crippen molar-refractivity contribution < 1.29 is 4.42 Å². The molecule has 0 aliphatic rings.